The summed E-state index contributed by atoms with van der Waals surface area (Å²) in [6.07, 6.45) is 13.5. The van der Waals surface area contributed by atoms with Crippen LogP contribution in [0.5, 0.6) is 0 Å². The van der Waals surface area contributed by atoms with E-state index in [2.05, 4.69) is 115 Å². The minimum Gasteiger partial charge on any atom is -0.263 e. The van der Waals surface area contributed by atoms with Crippen molar-refractivity contribution in [2.45, 2.75) is 0 Å². The molecule has 1 aliphatic heterocycles. The van der Waals surface area contributed by atoms with Gasteiger partial charge < -0.3 is 0 Å². The Morgan fingerprint density at radius 2 is 0.540 bits per heavy atom. The first-order valence-corrected chi connectivity index (χ1v) is 16.5. The summed E-state index contributed by atoms with van der Waals surface area (Å²) in [7, 11) is 0. The molecule has 0 aliphatic carbocycles. The lowest BCUT2D eigenvalue weighted by molar-refractivity contribution is 1.30. The normalized spacial score (nSPS) is 10.4. The molecule has 6 aromatic rings. The Morgan fingerprint density at radius 1 is 0.280 bits per heavy atom. The highest BCUT2D eigenvalue weighted by atomic mass is 32.1. The quantitative estimate of drug-likeness (QED) is 0.184. The molecule has 4 bridgehead atoms. The maximum absolute atomic E-state index is 4.24. The van der Waals surface area contributed by atoms with Crippen LogP contribution in [0.25, 0.3) is 0 Å². The summed E-state index contributed by atoms with van der Waals surface area (Å²) >= 11 is 2.99. The predicted octanol–water partition coefficient (Wildman–Crippen LogP) is 6.11. The average molecular weight is 665 g/mol. The van der Waals surface area contributed by atoms with E-state index in [9.17, 15) is 0 Å². The Kier molecular flexibility index (Phi) is 9.57. The fourth-order valence-electron chi connectivity index (χ4n) is 4.27. The van der Waals surface area contributed by atoms with Gasteiger partial charge in [0.15, 0.2) is 0 Å². The second kappa shape index (κ2) is 15.4. The lowest BCUT2D eigenvalue weighted by Gasteiger charge is -1.94. The van der Waals surface area contributed by atoms with Crippen LogP contribution in [0, 0.1) is 94.7 Å². The lowest BCUT2D eigenvalue weighted by Crippen LogP contribution is -1.86. The summed E-state index contributed by atoms with van der Waals surface area (Å²) < 4.78 is 0. The van der Waals surface area contributed by atoms with Crippen LogP contribution < -0.4 is 0 Å². The van der Waals surface area contributed by atoms with Gasteiger partial charge in [-0.05, 0) is 72.2 Å². The molecule has 0 saturated carbocycles. The first-order valence-electron chi connectivity index (χ1n) is 14.8. The highest BCUT2D eigenvalue weighted by Gasteiger charge is 2.01. The van der Waals surface area contributed by atoms with E-state index in [-0.39, 0.29) is 0 Å². The van der Waals surface area contributed by atoms with Crippen molar-refractivity contribution in [1.29, 1.82) is 0 Å². The molecule has 0 amide bonds. The van der Waals surface area contributed by atoms with E-state index in [0.717, 1.165) is 41.8 Å². The van der Waals surface area contributed by atoms with Crippen molar-refractivity contribution in [3.05, 3.63) is 162 Å². The van der Waals surface area contributed by atoms with E-state index in [1.54, 1.807) is 49.6 Å². The second-order valence-corrected chi connectivity index (χ2v) is 12.2. The number of nitrogens with zero attached hydrogens (tertiary/aromatic N) is 4. The number of aromatic nitrogens is 4. The first-order chi connectivity index (χ1) is 24.8. The van der Waals surface area contributed by atoms with Crippen LogP contribution in [-0.4, -0.2) is 19.9 Å². The van der Waals surface area contributed by atoms with Crippen molar-refractivity contribution in [2.24, 2.45) is 0 Å². The summed E-state index contributed by atoms with van der Waals surface area (Å²) in [4.78, 5) is 20.4. The van der Waals surface area contributed by atoms with Gasteiger partial charge in [0.25, 0.3) is 0 Å². The molecule has 224 valence electrons. The molecule has 0 spiro atoms. The van der Waals surface area contributed by atoms with Crippen molar-refractivity contribution in [3.8, 4) is 94.7 Å². The Bertz CT molecular complexity index is 2440. The van der Waals surface area contributed by atoms with Crippen LogP contribution in [-0.2, 0) is 0 Å². The summed E-state index contributed by atoms with van der Waals surface area (Å²) in [5.41, 5.74) is 5.77. The van der Waals surface area contributed by atoms with Gasteiger partial charge in [-0.25, -0.2) is 0 Å². The van der Waals surface area contributed by atoms with E-state index < -0.39 is 0 Å². The molecule has 7 rings (SSSR count). The zero-order chi connectivity index (χ0) is 33.8. The van der Waals surface area contributed by atoms with E-state index in [1.807, 2.05) is 48.5 Å². The smallest absolute Gasteiger partial charge is 0.0785 e. The molecular weight excluding hydrogens is 649 g/mol. The molecular formula is C44H16N4S2. The number of fused-ring (bicyclic) bond motifs is 8. The fraction of sp³-hybridized carbons (Fsp3) is 0. The van der Waals surface area contributed by atoms with Crippen LogP contribution in [0.2, 0.25) is 0 Å². The van der Waals surface area contributed by atoms with Gasteiger partial charge >= 0.3 is 0 Å². The molecule has 0 radical (unpaired) electrons. The number of thiophene rings is 2. The van der Waals surface area contributed by atoms with Crippen molar-refractivity contribution in [1.82, 2.24) is 19.9 Å². The Balaban J connectivity index is 1.29. The van der Waals surface area contributed by atoms with Gasteiger partial charge in [-0.1, -0.05) is 71.0 Å². The van der Waals surface area contributed by atoms with Crippen molar-refractivity contribution in [3.63, 3.8) is 0 Å². The SMILES string of the molecule is C1#Cc2ccncc2C#Cc2ccc(s2)C#Cc2cnccc2C#CC#Cc2ccncc2C#Cc2ccc(s2)C#Cc2cnccc2C#C1. The van der Waals surface area contributed by atoms with Gasteiger partial charge in [-0.3, -0.25) is 19.9 Å². The topological polar surface area (TPSA) is 51.6 Å². The third kappa shape index (κ3) is 8.06. The summed E-state index contributed by atoms with van der Waals surface area (Å²) in [5, 5.41) is 0. The summed E-state index contributed by atoms with van der Waals surface area (Å²) in [5.74, 6) is 49.9. The van der Waals surface area contributed by atoms with Crippen LogP contribution in [0.1, 0.15) is 64.0 Å². The van der Waals surface area contributed by atoms with Crippen LogP contribution in [0.3, 0.4) is 0 Å². The Hall–Kier alpha value is -7.52. The van der Waals surface area contributed by atoms with Gasteiger partial charge in [-0.15, -0.1) is 22.7 Å². The monoisotopic (exact) mass is 664 g/mol. The minimum absolute atomic E-state index is 0.708. The molecule has 50 heavy (non-hydrogen) atoms. The fourth-order valence-corrected chi connectivity index (χ4v) is 5.69. The van der Waals surface area contributed by atoms with Gasteiger partial charge in [-0.2, -0.15) is 0 Å². The van der Waals surface area contributed by atoms with Crippen molar-refractivity contribution in [2.75, 3.05) is 0 Å². The van der Waals surface area contributed by atoms with Crippen LogP contribution in [0.15, 0.2) is 98.1 Å². The number of hydrogen-bond acceptors (Lipinski definition) is 6. The molecule has 0 saturated heterocycles. The molecule has 4 nitrogen and oxygen atoms in total. The summed E-state index contributed by atoms with van der Waals surface area (Å²) in [6.45, 7) is 0. The standard InChI is InChI=1S/C44H16N4S2/c1-2-6-34-22-26-46-30-38(34)10-14-42-19-20-44(50-42)16-12-40-32-48-28-24-36(40)8-4-3-7-35-23-27-47-31-39(35)11-15-43-18-17-41(49-43)13-9-37-29-45-25-21-33(37)5-1/h17-32H. The summed E-state index contributed by atoms with van der Waals surface area (Å²) in [6, 6.07) is 15.1. The van der Waals surface area contributed by atoms with Crippen LogP contribution in [0.4, 0.5) is 0 Å². The number of hydrogen-bond donors (Lipinski definition) is 0. The molecule has 0 unspecified atom stereocenters. The molecule has 6 aromatic heterocycles. The predicted molar refractivity (Wildman–Crippen MR) is 197 cm³/mol. The minimum atomic E-state index is 0.708. The Labute approximate surface area is 298 Å². The zero-order valence-electron chi connectivity index (χ0n) is 25.8. The van der Waals surface area contributed by atoms with Crippen molar-refractivity contribution >= 4 is 22.7 Å². The second-order valence-electron chi connectivity index (χ2n) is 10.0. The highest BCUT2D eigenvalue weighted by molar-refractivity contribution is 7.13. The van der Waals surface area contributed by atoms with Gasteiger partial charge in [0.05, 0.1) is 41.8 Å². The van der Waals surface area contributed by atoms with Crippen LogP contribution >= 0.6 is 22.7 Å². The first kappa shape index (κ1) is 31.1. The molecule has 1 aliphatic rings. The third-order valence-electron chi connectivity index (χ3n) is 6.69. The van der Waals surface area contributed by atoms with E-state index in [1.165, 1.54) is 22.7 Å². The lowest BCUT2D eigenvalue weighted by atomic mass is 10.1. The van der Waals surface area contributed by atoms with Gasteiger partial charge in [0.1, 0.15) is 0 Å². The van der Waals surface area contributed by atoms with E-state index in [0.29, 0.717) is 22.3 Å². The molecule has 0 N–H and O–H groups in total. The number of pyridine rings is 4. The largest absolute Gasteiger partial charge is 0.263 e. The average Bonchev–Trinajstić information content (AvgIpc) is 3.82. The maximum atomic E-state index is 4.24. The molecule has 7 heterocycles. The molecule has 0 atom stereocenters. The highest BCUT2D eigenvalue weighted by Crippen LogP contribution is 2.17. The van der Waals surface area contributed by atoms with Crippen molar-refractivity contribution < 1.29 is 0 Å². The zero-order valence-corrected chi connectivity index (χ0v) is 27.5. The molecule has 6 heteroatoms. The van der Waals surface area contributed by atoms with E-state index in [4.69, 9.17) is 0 Å². The molecule has 0 aromatic carbocycles. The van der Waals surface area contributed by atoms with E-state index >= 15 is 0 Å². The van der Waals surface area contributed by atoms with Gasteiger partial charge in [0.2, 0.25) is 0 Å². The maximum Gasteiger partial charge on any atom is 0.0785 e. The molecule has 0 fully saturated rings. The Morgan fingerprint density at radius 3 is 0.800 bits per heavy atom. The number of rotatable bonds is 0. The third-order valence-corrected chi connectivity index (χ3v) is 8.52. The van der Waals surface area contributed by atoms with Gasteiger partial charge in [0, 0.05) is 71.8 Å².